The van der Waals surface area contributed by atoms with Crippen molar-refractivity contribution in [3.8, 4) is 0 Å². The number of ether oxygens (including phenoxy) is 2. The van der Waals surface area contributed by atoms with Gasteiger partial charge in [-0.25, -0.2) is 4.79 Å². The first-order chi connectivity index (χ1) is 17.5. The van der Waals surface area contributed by atoms with Gasteiger partial charge in [-0.1, -0.05) is 18.2 Å². The number of thiophene rings is 1. The van der Waals surface area contributed by atoms with Crippen LogP contribution in [0.3, 0.4) is 0 Å². The zero-order chi connectivity index (χ0) is 25.4. The van der Waals surface area contributed by atoms with E-state index in [9.17, 15) is 9.90 Å². The fraction of sp³-hybridized carbons (Fsp3) is 0.679. The number of urea groups is 1. The molecular weight excluding hydrogens is 474 g/mol. The average molecular weight is 518 g/mol. The molecule has 200 valence electrons. The number of methoxy groups -OCH3 is 1. The van der Waals surface area contributed by atoms with Crippen molar-refractivity contribution in [3.63, 3.8) is 0 Å². The first-order valence-corrected chi connectivity index (χ1v) is 14.4. The molecule has 0 radical (unpaired) electrons. The number of aliphatic hydroxyl groups is 1. The van der Waals surface area contributed by atoms with Crippen LogP contribution in [-0.2, 0) is 15.1 Å². The van der Waals surface area contributed by atoms with Crippen LogP contribution in [0, 0.1) is 11.8 Å². The molecule has 2 aromatic rings. The molecule has 0 aliphatic carbocycles. The molecule has 0 bridgehead atoms. The summed E-state index contributed by atoms with van der Waals surface area (Å²) in [5, 5.41) is 18.8. The lowest BCUT2D eigenvalue weighted by molar-refractivity contribution is -0.0551. The van der Waals surface area contributed by atoms with Crippen LogP contribution in [-0.4, -0.2) is 68.6 Å². The average Bonchev–Trinajstić information content (AvgIpc) is 3.40. The maximum atomic E-state index is 13.3. The van der Waals surface area contributed by atoms with E-state index in [1.54, 1.807) is 18.4 Å². The Morgan fingerprint density at radius 2 is 2.14 bits per heavy atom. The predicted octanol–water partition coefficient (Wildman–Crippen LogP) is 4.47. The fourth-order valence-electron chi connectivity index (χ4n) is 5.95. The molecule has 2 aliphatic heterocycles. The molecular formula is C28H43N3O4S. The van der Waals surface area contributed by atoms with Crippen LogP contribution in [0.2, 0.25) is 0 Å². The molecule has 7 nitrogen and oxygen atoms in total. The first kappa shape index (κ1) is 27.3. The third-order valence-corrected chi connectivity index (χ3v) is 9.02. The summed E-state index contributed by atoms with van der Waals surface area (Å²) in [7, 11) is 1.72. The molecule has 4 rings (SSSR count). The summed E-state index contributed by atoms with van der Waals surface area (Å²) < 4.78 is 11.9. The molecule has 1 unspecified atom stereocenters. The number of carbonyl (C=O) groups is 1. The Labute approximate surface area is 219 Å². The van der Waals surface area contributed by atoms with Crippen LogP contribution in [0.4, 0.5) is 4.79 Å². The highest BCUT2D eigenvalue weighted by Gasteiger charge is 2.42. The van der Waals surface area contributed by atoms with Crippen LogP contribution >= 0.6 is 11.3 Å². The molecule has 1 aromatic heterocycles. The summed E-state index contributed by atoms with van der Waals surface area (Å²) in [6, 6.07) is 8.24. The van der Waals surface area contributed by atoms with Crippen LogP contribution in [0.15, 0.2) is 29.6 Å². The summed E-state index contributed by atoms with van der Waals surface area (Å²) in [6.45, 7) is 3.96. The van der Waals surface area contributed by atoms with Crippen molar-refractivity contribution in [1.29, 1.82) is 0 Å². The summed E-state index contributed by atoms with van der Waals surface area (Å²) >= 11 is 1.68. The van der Waals surface area contributed by atoms with Gasteiger partial charge in [0, 0.05) is 68.8 Å². The lowest BCUT2D eigenvalue weighted by atomic mass is 9.74. The van der Waals surface area contributed by atoms with Gasteiger partial charge in [-0.3, -0.25) is 0 Å². The molecule has 3 heterocycles. The Morgan fingerprint density at radius 3 is 2.92 bits per heavy atom. The Balaban J connectivity index is 1.47. The van der Waals surface area contributed by atoms with E-state index in [1.807, 2.05) is 11.0 Å². The molecule has 4 N–H and O–H groups in total. The van der Waals surface area contributed by atoms with Gasteiger partial charge in [0.1, 0.15) is 0 Å². The van der Waals surface area contributed by atoms with E-state index in [-0.39, 0.29) is 18.0 Å². The summed E-state index contributed by atoms with van der Waals surface area (Å²) in [4.78, 5) is 15.2. The second kappa shape index (κ2) is 13.2. The van der Waals surface area contributed by atoms with Gasteiger partial charge in [-0.15, -0.1) is 11.3 Å². The fourth-order valence-corrected chi connectivity index (χ4v) is 6.94. The molecule has 0 spiro atoms. The van der Waals surface area contributed by atoms with E-state index in [1.165, 1.54) is 0 Å². The van der Waals surface area contributed by atoms with Gasteiger partial charge in [-0.2, -0.15) is 0 Å². The van der Waals surface area contributed by atoms with Crippen molar-refractivity contribution in [2.24, 2.45) is 17.6 Å². The lowest BCUT2D eigenvalue weighted by Gasteiger charge is -2.43. The van der Waals surface area contributed by atoms with Crippen LogP contribution in [0.5, 0.6) is 0 Å². The first-order valence-electron chi connectivity index (χ1n) is 13.6. The number of rotatable bonds is 11. The van der Waals surface area contributed by atoms with Gasteiger partial charge in [0.25, 0.3) is 0 Å². The van der Waals surface area contributed by atoms with Crippen molar-refractivity contribution >= 4 is 27.5 Å². The number of fused-ring (bicyclic) bond motifs is 1. The zero-order valence-electron chi connectivity index (χ0n) is 21.6. The van der Waals surface area contributed by atoms with Gasteiger partial charge < -0.3 is 30.5 Å². The monoisotopic (exact) mass is 517 g/mol. The number of hydrogen-bond donors (Lipinski definition) is 3. The predicted molar refractivity (Wildman–Crippen MR) is 145 cm³/mol. The second-order valence-corrected chi connectivity index (χ2v) is 11.4. The van der Waals surface area contributed by atoms with Crippen molar-refractivity contribution in [3.05, 3.63) is 35.2 Å². The highest BCUT2D eigenvalue weighted by Crippen LogP contribution is 2.43. The van der Waals surface area contributed by atoms with Gasteiger partial charge >= 0.3 is 6.03 Å². The number of nitrogens with two attached hydrogens (primary N) is 1. The Bertz CT molecular complexity index is 963. The van der Waals surface area contributed by atoms with E-state index in [0.29, 0.717) is 38.6 Å². The third-order valence-electron chi connectivity index (χ3n) is 8.06. The van der Waals surface area contributed by atoms with Crippen LogP contribution < -0.4 is 11.1 Å². The summed E-state index contributed by atoms with van der Waals surface area (Å²) in [6.07, 6.45) is 7.16. The van der Waals surface area contributed by atoms with E-state index >= 15 is 0 Å². The Hall–Kier alpha value is -1.71. The number of piperidine rings is 1. The quantitative estimate of drug-likeness (QED) is 0.382. The van der Waals surface area contributed by atoms with Crippen molar-refractivity contribution in [2.45, 2.75) is 63.0 Å². The topological polar surface area (TPSA) is 97.1 Å². The molecule has 2 aliphatic rings. The molecule has 8 heteroatoms. The highest BCUT2D eigenvalue weighted by atomic mass is 32.1. The molecule has 0 saturated carbocycles. The SMILES string of the molecule is COCCCC[C@@](O)(c1cccc2ccsc12)[C@@H]1CCCN(C(=O)NC(CN)CC2CCOCC2)C1. The van der Waals surface area contributed by atoms with E-state index in [2.05, 4.69) is 28.9 Å². The molecule has 36 heavy (non-hydrogen) atoms. The van der Waals surface area contributed by atoms with Gasteiger partial charge in [0.15, 0.2) is 0 Å². The lowest BCUT2D eigenvalue weighted by Crippen LogP contribution is -2.53. The number of unbranched alkanes of at least 4 members (excludes halogenated alkanes) is 1. The van der Waals surface area contributed by atoms with Crippen LogP contribution in [0.25, 0.3) is 10.1 Å². The minimum atomic E-state index is -0.994. The number of benzene rings is 1. The second-order valence-electron chi connectivity index (χ2n) is 10.5. The standard InChI is InChI=1S/C28H43N3O4S/c1-34-14-3-2-12-28(33,25-8-4-6-22-11-17-36-26(22)25)23-7-5-13-31(20-23)27(32)30-24(19-29)18-21-9-15-35-16-10-21/h4,6,8,11,17,21,23-24,33H,2-3,5,7,9-10,12-16,18-20,29H2,1H3,(H,30,32)/t23-,24?,28+/m1/s1. The van der Waals surface area contributed by atoms with E-state index in [0.717, 1.165) is 73.8 Å². The van der Waals surface area contributed by atoms with Gasteiger partial charge in [0.2, 0.25) is 0 Å². The normalized spacial score (nSPS) is 21.9. The third kappa shape index (κ3) is 6.58. The number of likely N-dealkylation sites (tertiary alicyclic amines) is 1. The molecule has 1 aromatic carbocycles. The molecule has 2 fully saturated rings. The van der Waals surface area contributed by atoms with Crippen molar-refractivity contribution in [2.75, 3.05) is 46.6 Å². The summed E-state index contributed by atoms with van der Waals surface area (Å²) in [5.74, 6) is 0.518. The van der Waals surface area contributed by atoms with Gasteiger partial charge in [0.05, 0.1) is 5.60 Å². The number of carbonyl (C=O) groups excluding carboxylic acids is 1. The zero-order valence-corrected chi connectivity index (χ0v) is 22.4. The van der Waals surface area contributed by atoms with Crippen LogP contribution in [0.1, 0.15) is 56.9 Å². The maximum Gasteiger partial charge on any atom is 0.317 e. The Morgan fingerprint density at radius 1 is 1.31 bits per heavy atom. The number of nitrogens with one attached hydrogen (secondary N) is 1. The van der Waals surface area contributed by atoms with E-state index in [4.69, 9.17) is 15.2 Å². The van der Waals surface area contributed by atoms with Gasteiger partial charge in [-0.05, 0) is 74.1 Å². The van der Waals surface area contributed by atoms with Crippen molar-refractivity contribution in [1.82, 2.24) is 10.2 Å². The maximum absolute atomic E-state index is 13.3. The molecule has 2 saturated heterocycles. The van der Waals surface area contributed by atoms with E-state index < -0.39 is 5.60 Å². The molecule has 3 atom stereocenters. The minimum absolute atomic E-state index is 0.0286. The number of amides is 2. The molecule has 2 amide bonds. The Kier molecular flexibility index (Phi) is 10.0. The minimum Gasteiger partial charge on any atom is -0.385 e. The smallest absolute Gasteiger partial charge is 0.317 e. The number of nitrogens with zero attached hydrogens (tertiary/aromatic N) is 1. The largest absolute Gasteiger partial charge is 0.385 e. The van der Waals surface area contributed by atoms with Crippen molar-refractivity contribution < 1.29 is 19.4 Å². The number of hydrogen-bond acceptors (Lipinski definition) is 6. The summed E-state index contributed by atoms with van der Waals surface area (Å²) in [5.41, 5.74) is 6.05. The highest BCUT2D eigenvalue weighted by molar-refractivity contribution is 7.17.